The van der Waals surface area contributed by atoms with Gasteiger partial charge in [0.05, 0.1) is 26.4 Å². The fourth-order valence-electron chi connectivity index (χ4n) is 6.31. The van der Waals surface area contributed by atoms with Crippen LogP contribution in [0.15, 0.2) is 18.2 Å². The van der Waals surface area contributed by atoms with Crippen LogP contribution in [-0.4, -0.2) is 81.5 Å². The zero-order valence-electron chi connectivity index (χ0n) is 27.9. The van der Waals surface area contributed by atoms with Crippen molar-refractivity contribution in [1.29, 1.82) is 0 Å². The van der Waals surface area contributed by atoms with E-state index in [-0.39, 0.29) is 45.3 Å². The molecule has 2 aliphatic rings. The lowest BCUT2D eigenvalue weighted by atomic mass is 9.90. The number of amides is 1. The molecule has 0 spiro atoms. The van der Waals surface area contributed by atoms with Crippen LogP contribution >= 0.6 is 0 Å². The molecule has 3 rings (SSSR count). The summed E-state index contributed by atoms with van der Waals surface area (Å²) in [5, 5.41) is 0. The van der Waals surface area contributed by atoms with E-state index in [0.717, 1.165) is 12.5 Å². The van der Waals surface area contributed by atoms with Crippen LogP contribution in [0.1, 0.15) is 84.6 Å². The minimum Gasteiger partial charge on any atom is -0.489 e. The van der Waals surface area contributed by atoms with Crippen LogP contribution < -0.4 is 4.74 Å². The Kier molecular flexibility index (Phi) is 13.8. The molecule has 1 aliphatic heterocycles. The number of benzene rings is 1. The van der Waals surface area contributed by atoms with E-state index >= 15 is 4.39 Å². The number of fused-ring (bicyclic) bond motifs is 1. The molecule has 47 heavy (non-hydrogen) atoms. The van der Waals surface area contributed by atoms with Crippen LogP contribution in [0.5, 0.6) is 5.75 Å². The van der Waals surface area contributed by atoms with Gasteiger partial charge in [0.1, 0.15) is 29.5 Å². The fourth-order valence-corrected chi connectivity index (χ4v) is 6.31. The van der Waals surface area contributed by atoms with Crippen molar-refractivity contribution < 1.29 is 56.8 Å². The van der Waals surface area contributed by atoms with Crippen molar-refractivity contribution in [3.8, 4) is 5.75 Å². The van der Waals surface area contributed by atoms with E-state index < -0.39 is 65.8 Å². The van der Waals surface area contributed by atoms with Crippen molar-refractivity contribution in [1.82, 2.24) is 4.90 Å². The average Bonchev–Trinajstić information content (AvgIpc) is 3.35. The number of carbonyl (C=O) groups is 5. The molecule has 12 nitrogen and oxygen atoms in total. The molecule has 1 aromatic rings. The van der Waals surface area contributed by atoms with Gasteiger partial charge in [-0.05, 0) is 43.4 Å². The normalized spacial score (nSPS) is 22.5. The van der Waals surface area contributed by atoms with Gasteiger partial charge in [0.15, 0.2) is 11.6 Å². The van der Waals surface area contributed by atoms with Gasteiger partial charge >= 0.3 is 24.0 Å². The van der Waals surface area contributed by atoms with Gasteiger partial charge in [0.25, 0.3) is 6.47 Å². The van der Waals surface area contributed by atoms with Crippen LogP contribution in [0.25, 0.3) is 0 Å². The molecular weight excluding hydrogens is 617 g/mol. The molecule has 1 saturated heterocycles. The summed E-state index contributed by atoms with van der Waals surface area (Å²) in [6, 6.07) is 3.87. The Morgan fingerprint density at radius 1 is 0.766 bits per heavy atom. The van der Waals surface area contributed by atoms with Crippen LogP contribution in [0.2, 0.25) is 0 Å². The lowest BCUT2D eigenvalue weighted by Crippen LogP contribution is -2.47. The summed E-state index contributed by atoms with van der Waals surface area (Å²) >= 11 is 0. The summed E-state index contributed by atoms with van der Waals surface area (Å²) in [6.07, 6.45) is 4.32. The molecule has 1 amide bonds. The quantitative estimate of drug-likeness (QED) is 0.0746. The number of ether oxygens (including phenoxy) is 6. The van der Waals surface area contributed by atoms with E-state index in [2.05, 4.69) is 0 Å². The Hall–Kier alpha value is -3.90. The van der Waals surface area contributed by atoms with Crippen molar-refractivity contribution in [3.05, 3.63) is 29.6 Å². The van der Waals surface area contributed by atoms with E-state index in [1.807, 2.05) is 27.7 Å². The molecule has 3 atom stereocenters. The van der Waals surface area contributed by atoms with Crippen molar-refractivity contribution in [2.24, 2.45) is 16.2 Å². The third-order valence-corrected chi connectivity index (χ3v) is 8.96. The number of carbonyl (C=O) groups excluding carboxylic acids is 5. The number of hydrogen-bond acceptors (Lipinski definition) is 11. The van der Waals surface area contributed by atoms with Gasteiger partial charge in [0.2, 0.25) is 0 Å². The predicted molar refractivity (Wildman–Crippen MR) is 165 cm³/mol. The van der Waals surface area contributed by atoms with Gasteiger partial charge < -0.3 is 33.3 Å². The highest BCUT2D eigenvalue weighted by molar-refractivity contribution is 6.09. The molecule has 0 radical (unpaired) electrons. The number of esters is 3. The van der Waals surface area contributed by atoms with Crippen molar-refractivity contribution in [3.63, 3.8) is 0 Å². The minimum absolute atomic E-state index is 0.00156. The molecule has 262 valence electrons. The maximum atomic E-state index is 15.2. The van der Waals surface area contributed by atoms with Crippen molar-refractivity contribution in [2.45, 2.75) is 85.7 Å². The van der Waals surface area contributed by atoms with Gasteiger partial charge in [-0.1, -0.05) is 59.4 Å². The third-order valence-electron chi connectivity index (χ3n) is 8.96. The maximum absolute atomic E-state index is 15.2. The average molecular weight is 666 g/mol. The van der Waals surface area contributed by atoms with Crippen LogP contribution in [0.3, 0.4) is 0 Å². The molecule has 1 heterocycles. The number of unbranched alkanes of at least 4 members (excludes halogenated alkanes) is 4. The summed E-state index contributed by atoms with van der Waals surface area (Å²) in [7, 11) is 0. The number of piperidine rings is 1. The Morgan fingerprint density at radius 3 is 1.72 bits per heavy atom. The third kappa shape index (κ3) is 7.33. The summed E-state index contributed by atoms with van der Waals surface area (Å²) in [6.45, 7) is 6.46. The first-order chi connectivity index (χ1) is 22.7. The number of halogens is 1. The van der Waals surface area contributed by atoms with Crippen molar-refractivity contribution >= 4 is 30.5 Å². The summed E-state index contributed by atoms with van der Waals surface area (Å²) in [5.74, 6) is -3.75. The first-order valence-electron chi connectivity index (χ1n) is 16.6. The molecule has 2 fully saturated rings. The van der Waals surface area contributed by atoms with E-state index in [1.54, 1.807) is 0 Å². The van der Waals surface area contributed by atoms with Crippen molar-refractivity contribution in [2.75, 3.05) is 46.1 Å². The molecule has 1 saturated carbocycles. The van der Waals surface area contributed by atoms with Gasteiger partial charge in [-0.2, -0.15) is 0 Å². The van der Waals surface area contributed by atoms with Crippen LogP contribution in [0.4, 0.5) is 9.18 Å². The highest BCUT2D eigenvalue weighted by Crippen LogP contribution is 2.82. The summed E-state index contributed by atoms with van der Waals surface area (Å²) in [5.41, 5.74) is -5.59. The summed E-state index contributed by atoms with van der Waals surface area (Å²) < 4.78 is 48.3. The molecule has 1 aromatic carbocycles. The highest BCUT2D eigenvalue weighted by Gasteiger charge is 3.02. The van der Waals surface area contributed by atoms with Gasteiger partial charge in [-0.3, -0.25) is 19.2 Å². The predicted octanol–water partition coefficient (Wildman–Crippen LogP) is 5.13. The van der Waals surface area contributed by atoms with Gasteiger partial charge in [-0.15, -0.1) is 0 Å². The second kappa shape index (κ2) is 17.3. The smallest absolute Gasteiger partial charge is 0.409 e. The van der Waals surface area contributed by atoms with E-state index in [0.29, 0.717) is 50.5 Å². The Labute approximate surface area is 275 Å². The molecule has 13 heteroatoms. The lowest BCUT2D eigenvalue weighted by Gasteiger charge is -2.30. The first-order valence-corrected chi connectivity index (χ1v) is 16.6. The standard InChI is InChI=1S/C34H48FNO11/c1-5-9-15-43-28(38)32-21-36(31(41)46-18-12-8-4)22-33(32,29(39)44-16-10-6-2)34(32,30(40)45-17-11-7-3)23-47-27-14-13-25(19-26(27)35)20-42-24-37/h13-14,19,24H,5-12,15-18,20-23H2,1-4H3/t32-,33?,34?/m0/s1. The van der Waals surface area contributed by atoms with Gasteiger partial charge in [0, 0.05) is 13.1 Å². The zero-order valence-corrected chi connectivity index (χ0v) is 27.9. The highest BCUT2D eigenvalue weighted by atomic mass is 19.1. The van der Waals surface area contributed by atoms with E-state index in [1.165, 1.54) is 17.0 Å². The largest absolute Gasteiger partial charge is 0.489 e. The molecule has 2 unspecified atom stereocenters. The van der Waals surface area contributed by atoms with E-state index in [4.69, 9.17) is 28.4 Å². The van der Waals surface area contributed by atoms with Crippen LogP contribution in [0, 0.1) is 22.1 Å². The minimum atomic E-state index is -2.02. The Bertz CT molecular complexity index is 1220. The summed E-state index contributed by atoms with van der Waals surface area (Å²) in [4.78, 5) is 67.8. The fraction of sp³-hybridized carbons (Fsp3) is 0.676. The number of rotatable bonds is 21. The Balaban J connectivity index is 2.13. The molecule has 0 aromatic heterocycles. The molecule has 1 aliphatic carbocycles. The topological polar surface area (TPSA) is 144 Å². The molecule has 0 N–H and O–H groups in total. The second-order valence-corrected chi connectivity index (χ2v) is 12.0. The van der Waals surface area contributed by atoms with E-state index in [9.17, 15) is 24.0 Å². The molecular formula is C34H48FNO11. The second-order valence-electron chi connectivity index (χ2n) is 12.0. The SMILES string of the molecule is CCCCOC(=O)N1CC2(C(=O)OCCCC)C(COc3ccc(COC=O)cc3F)(C(=O)OCCCC)[C@]2(C(=O)OCCCC)C1. The number of nitrogens with zero attached hydrogens (tertiary/aromatic N) is 1. The number of hydrogen-bond donors (Lipinski definition) is 0. The lowest BCUT2D eigenvalue weighted by molar-refractivity contribution is -0.164. The molecule has 0 bridgehead atoms. The van der Waals surface area contributed by atoms with Crippen LogP contribution in [-0.2, 0) is 49.5 Å². The Morgan fingerprint density at radius 2 is 1.26 bits per heavy atom. The monoisotopic (exact) mass is 665 g/mol. The number of likely N-dealkylation sites (tertiary alicyclic amines) is 1. The maximum Gasteiger partial charge on any atom is 0.409 e. The first kappa shape index (κ1) is 37.6. The zero-order chi connectivity index (χ0) is 34.5. The van der Waals surface area contributed by atoms with Gasteiger partial charge in [-0.25, -0.2) is 9.18 Å².